The fraction of sp³-hybridized carbons (Fsp3) is 0.700. The lowest BCUT2D eigenvalue weighted by Crippen LogP contribution is -2.47. The van der Waals surface area contributed by atoms with Crippen LogP contribution in [0, 0.1) is 0 Å². The van der Waals surface area contributed by atoms with E-state index < -0.39 is 21.8 Å². The molecule has 0 rings (SSSR count). The van der Waals surface area contributed by atoms with Gasteiger partial charge in [-0.2, -0.15) is 0 Å². The molecule has 0 N–H and O–H groups in total. The second kappa shape index (κ2) is 6.73. The number of carbonyl (C=O) groups is 1. The van der Waals surface area contributed by atoms with Crippen molar-refractivity contribution in [3.8, 4) is 0 Å². The van der Waals surface area contributed by atoms with Crippen molar-refractivity contribution in [3.63, 3.8) is 0 Å². The quantitative estimate of drug-likeness (QED) is 0.275. The van der Waals surface area contributed by atoms with E-state index in [1.165, 1.54) is 0 Å². The summed E-state index contributed by atoms with van der Waals surface area (Å²) in [7, 11) is -2.55. The molecule has 0 heterocycles. The van der Waals surface area contributed by atoms with Gasteiger partial charge in [-0.1, -0.05) is 13.5 Å². The van der Waals surface area contributed by atoms with Crippen LogP contribution in [-0.4, -0.2) is 49.5 Å². The van der Waals surface area contributed by atoms with E-state index in [2.05, 4.69) is 6.58 Å². The summed E-state index contributed by atoms with van der Waals surface area (Å²) in [6, 6.07) is 0. The van der Waals surface area contributed by atoms with Crippen molar-refractivity contribution in [2.75, 3.05) is 25.9 Å². The number of nitrogens with zero attached hydrogens (tertiary/aromatic N) is 1. The van der Waals surface area contributed by atoms with Gasteiger partial charge in [0, 0.05) is 18.2 Å². The molecule has 0 bridgehead atoms. The molecule has 0 aliphatic carbocycles. The van der Waals surface area contributed by atoms with E-state index in [9.17, 15) is 17.8 Å². The molecular weight excluding hydrogens is 246 g/mol. The van der Waals surface area contributed by atoms with Crippen molar-refractivity contribution in [2.24, 2.45) is 0 Å². The Kier molecular flexibility index (Phi) is 6.36. The lowest BCUT2D eigenvalue weighted by molar-refractivity contribution is -1.07. The number of hydrogen-bond donors (Lipinski definition) is 0. The molecule has 0 fully saturated rings. The summed E-state index contributed by atoms with van der Waals surface area (Å²) in [5, 5.41) is 0. The summed E-state index contributed by atoms with van der Waals surface area (Å²) in [5.41, 5.74) is 0. The second-order valence-electron chi connectivity index (χ2n) is 3.97. The summed E-state index contributed by atoms with van der Waals surface area (Å²) >= 11 is 0. The van der Waals surface area contributed by atoms with Crippen LogP contribution in [-0.2, 0) is 19.8 Å². The van der Waals surface area contributed by atoms with Gasteiger partial charge in [-0.15, -0.1) is 4.65 Å². The minimum atomic E-state index is -4.22. The predicted molar refractivity (Wildman–Crippen MR) is 61.7 cm³/mol. The van der Waals surface area contributed by atoms with Crippen LogP contribution >= 0.6 is 0 Å². The fourth-order valence-corrected chi connectivity index (χ4v) is 1.99. The minimum Gasteiger partial charge on any atom is -0.748 e. The third kappa shape index (κ3) is 7.89. The van der Waals surface area contributed by atoms with Crippen LogP contribution in [0.2, 0.25) is 0 Å². The van der Waals surface area contributed by atoms with Crippen LogP contribution in [0.1, 0.15) is 19.8 Å². The molecule has 17 heavy (non-hydrogen) atoms. The van der Waals surface area contributed by atoms with Gasteiger partial charge in [-0.25, -0.2) is 13.2 Å². The Morgan fingerprint density at radius 2 is 2.06 bits per heavy atom. The van der Waals surface area contributed by atoms with Gasteiger partial charge in [0.15, 0.2) is 0 Å². The van der Waals surface area contributed by atoms with Crippen LogP contribution < -0.4 is 0 Å². The first-order chi connectivity index (χ1) is 7.72. The van der Waals surface area contributed by atoms with E-state index in [0.29, 0.717) is 6.54 Å². The number of quaternary nitrogens is 1. The lowest BCUT2D eigenvalue weighted by atomic mass is 10.4. The first-order valence-electron chi connectivity index (χ1n) is 5.36. The largest absolute Gasteiger partial charge is 0.748 e. The predicted octanol–water partition coefficient (Wildman–Crippen LogP) is 0.423. The van der Waals surface area contributed by atoms with Gasteiger partial charge in [0.25, 0.3) is 0 Å². The monoisotopic (exact) mass is 265 g/mol. The average Bonchev–Trinajstić information content (AvgIpc) is 2.15. The van der Waals surface area contributed by atoms with Crippen LogP contribution in [0.5, 0.6) is 0 Å². The number of hydrogen-bond acceptors (Lipinski definition) is 5. The Labute approximate surface area is 102 Å². The summed E-state index contributed by atoms with van der Waals surface area (Å²) in [5.74, 6) is -1.01. The van der Waals surface area contributed by atoms with E-state index in [0.717, 1.165) is 12.5 Å². The Balaban J connectivity index is 4.40. The van der Waals surface area contributed by atoms with Crippen molar-refractivity contribution in [1.82, 2.24) is 0 Å². The van der Waals surface area contributed by atoms with Gasteiger partial charge in [-0.05, 0) is 6.42 Å². The average molecular weight is 265 g/mol. The third-order valence-corrected chi connectivity index (χ3v) is 2.99. The number of rotatable bonds is 8. The Morgan fingerprint density at radius 1 is 1.47 bits per heavy atom. The SMILES string of the molecule is C=CC(=O)O[N+](C)(CCC)CCCS(=O)(=O)[O-]. The van der Waals surface area contributed by atoms with Crippen molar-refractivity contribution in [2.45, 2.75) is 19.8 Å². The van der Waals surface area contributed by atoms with Gasteiger partial charge < -0.3 is 4.55 Å². The van der Waals surface area contributed by atoms with E-state index in [1.54, 1.807) is 7.05 Å². The van der Waals surface area contributed by atoms with Gasteiger partial charge in [0.1, 0.15) is 20.1 Å². The molecule has 1 atom stereocenters. The van der Waals surface area contributed by atoms with E-state index in [-0.39, 0.29) is 17.6 Å². The number of carbonyl (C=O) groups excluding carboxylic acids is 1. The molecule has 6 nitrogen and oxygen atoms in total. The van der Waals surface area contributed by atoms with E-state index in [1.807, 2.05) is 6.92 Å². The molecule has 0 aliphatic heterocycles. The normalized spacial score (nSPS) is 15.0. The standard InChI is InChI=1S/C10H19NO5S/c1-4-7-11(3,16-10(12)5-2)8-6-9-17(13,14)15/h5H,2,4,6-9H2,1,3H3. The lowest BCUT2D eigenvalue weighted by Gasteiger charge is -2.30. The van der Waals surface area contributed by atoms with Crippen molar-refractivity contribution < 1.29 is 27.2 Å². The van der Waals surface area contributed by atoms with Crippen LogP contribution in [0.25, 0.3) is 0 Å². The van der Waals surface area contributed by atoms with E-state index >= 15 is 0 Å². The van der Waals surface area contributed by atoms with Crippen molar-refractivity contribution in [1.29, 1.82) is 0 Å². The zero-order valence-corrected chi connectivity index (χ0v) is 11.0. The van der Waals surface area contributed by atoms with Crippen LogP contribution in [0.4, 0.5) is 0 Å². The van der Waals surface area contributed by atoms with Gasteiger partial charge in [0.05, 0.1) is 10.1 Å². The van der Waals surface area contributed by atoms with Crippen LogP contribution in [0.15, 0.2) is 12.7 Å². The van der Waals surface area contributed by atoms with Crippen molar-refractivity contribution >= 4 is 16.1 Å². The maximum Gasteiger partial charge on any atom is 0.389 e. The molecule has 0 saturated carbocycles. The summed E-state index contributed by atoms with van der Waals surface area (Å²) < 4.78 is 31.4. The molecule has 0 saturated heterocycles. The maximum atomic E-state index is 11.1. The summed E-state index contributed by atoms with van der Waals surface area (Å²) in [4.78, 5) is 16.3. The first-order valence-corrected chi connectivity index (χ1v) is 6.94. The molecule has 0 aromatic heterocycles. The molecule has 0 aromatic carbocycles. The zero-order valence-electron chi connectivity index (χ0n) is 10.2. The number of hydroxylamine groups is 3. The zero-order chi connectivity index (χ0) is 13.5. The van der Waals surface area contributed by atoms with E-state index in [4.69, 9.17) is 4.84 Å². The van der Waals surface area contributed by atoms with Gasteiger partial charge in [-0.3, -0.25) is 4.84 Å². The van der Waals surface area contributed by atoms with Gasteiger partial charge in [0.2, 0.25) is 0 Å². The molecule has 0 aromatic rings. The second-order valence-corrected chi connectivity index (χ2v) is 5.50. The molecular formula is C10H19NO5S. The molecule has 0 radical (unpaired) electrons. The maximum absolute atomic E-state index is 11.1. The molecule has 0 aliphatic rings. The molecule has 100 valence electrons. The smallest absolute Gasteiger partial charge is 0.389 e. The first kappa shape index (κ1) is 16.1. The summed E-state index contributed by atoms with van der Waals surface area (Å²) in [6.45, 7) is 6.05. The Morgan fingerprint density at radius 3 is 2.47 bits per heavy atom. The molecule has 7 heteroatoms. The van der Waals surface area contributed by atoms with Gasteiger partial charge >= 0.3 is 5.97 Å². The molecule has 0 amide bonds. The highest BCUT2D eigenvalue weighted by molar-refractivity contribution is 7.85. The molecule has 0 spiro atoms. The topological polar surface area (TPSA) is 83.5 Å². The highest BCUT2D eigenvalue weighted by Gasteiger charge is 2.25. The Hall–Kier alpha value is -0.920. The Bertz CT molecular complexity index is 365. The third-order valence-electron chi connectivity index (χ3n) is 2.20. The highest BCUT2D eigenvalue weighted by Crippen LogP contribution is 2.09. The highest BCUT2D eigenvalue weighted by atomic mass is 32.2. The minimum absolute atomic E-state index is 0.0448. The van der Waals surface area contributed by atoms with Crippen LogP contribution in [0.3, 0.4) is 0 Å². The fourth-order valence-electron chi connectivity index (χ4n) is 1.51. The molecule has 1 unspecified atom stereocenters. The summed E-state index contributed by atoms with van der Waals surface area (Å²) in [6.07, 6.45) is 1.98. The van der Waals surface area contributed by atoms with Crippen molar-refractivity contribution in [3.05, 3.63) is 12.7 Å².